The summed E-state index contributed by atoms with van der Waals surface area (Å²) in [4.78, 5) is 10.2. The number of aliphatic carboxylic acids is 1. The number of hydrogen-bond acceptors (Lipinski definition) is 1. The third-order valence-corrected chi connectivity index (χ3v) is 1.47. The molecule has 0 heterocycles. The highest BCUT2D eigenvalue weighted by atomic mass is 16.4. The summed E-state index contributed by atoms with van der Waals surface area (Å²) in [5, 5.41) is 8.37. The second-order valence-corrected chi connectivity index (χ2v) is 2.38. The third-order valence-electron chi connectivity index (χ3n) is 1.47. The predicted molar refractivity (Wildman–Crippen MR) is 65.1 cm³/mol. The highest BCUT2D eigenvalue weighted by Gasteiger charge is 1.96. The first-order valence-corrected chi connectivity index (χ1v) is 5.55. The number of carboxylic acid groups (broad SMARTS) is 1. The van der Waals surface area contributed by atoms with Crippen molar-refractivity contribution < 1.29 is 9.90 Å². The van der Waals surface area contributed by atoms with Gasteiger partial charge in [-0.05, 0) is 12.0 Å². The molecule has 1 aromatic carbocycles. The standard InChI is InChI=1S/C9H10O2.2C2H6/c10-9(11)7-6-8-4-2-1-3-5-8;2*1-2/h1-5H,6-7H2,(H,10,11);2*1-2H3. The average Bonchev–Trinajstić information content (AvgIpc) is 2.33. The molecule has 0 saturated carbocycles. The van der Waals surface area contributed by atoms with Crippen LogP contribution in [-0.2, 0) is 11.2 Å². The Kier molecular flexibility index (Phi) is 13.6. The predicted octanol–water partition coefficient (Wildman–Crippen LogP) is 3.76. The Morgan fingerprint density at radius 3 is 1.93 bits per heavy atom. The topological polar surface area (TPSA) is 37.3 Å². The number of carbonyl (C=O) groups is 1. The van der Waals surface area contributed by atoms with Crippen LogP contribution in [0.15, 0.2) is 30.3 Å². The molecule has 0 saturated heterocycles. The molecule has 0 fully saturated rings. The van der Waals surface area contributed by atoms with E-state index in [2.05, 4.69) is 0 Å². The summed E-state index contributed by atoms with van der Waals surface area (Å²) < 4.78 is 0. The van der Waals surface area contributed by atoms with Gasteiger partial charge in [0.25, 0.3) is 0 Å². The molecule has 15 heavy (non-hydrogen) atoms. The largest absolute Gasteiger partial charge is 0.481 e. The zero-order valence-electron chi connectivity index (χ0n) is 10.2. The van der Waals surface area contributed by atoms with E-state index in [1.807, 2.05) is 58.0 Å². The molecule has 1 rings (SSSR count). The van der Waals surface area contributed by atoms with Crippen LogP contribution in [0.25, 0.3) is 0 Å². The molecule has 1 N–H and O–H groups in total. The van der Waals surface area contributed by atoms with Gasteiger partial charge in [-0.2, -0.15) is 0 Å². The SMILES string of the molecule is CC.CC.O=C(O)CCc1ccccc1. The van der Waals surface area contributed by atoms with E-state index in [1.54, 1.807) is 0 Å². The Morgan fingerprint density at radius 1 is 1.07 bits per heavy atom. The molecule has 0 unspecified atom stereocenters. The molecule has 0 bridgehead atoms. The highest BCUT2D eigenvalue weighted by Crippen LogP contribution is 2.01. The third kappa shape index (κ3) is 10.6. The lowest BCUT2D eigenvalue weighted by Crippen LogP contribution is -1.96. The molecule has 0 atom stereocenters. The van der Waals surface area contributed by atoms with Gasteiger partial charge in [-0.25, -0.2) is 0 Å². The summed E-state index contributed by atoms with van der Waals surface area (Å²) in [6, 6.07) is 9.62. The van der Waals surface area contributed by atoms with E-state index in [0.717, 1.165) is 5.56 Å². The van der Waals surface area contributed by atoms with E-state index in [-0.39, 0.29) is 6.42 Å². The van der Waals surface area contributed by atoms with Gasteiger partial charge in [0, 0.05) is 6.42 Å². The second kappa shape index (κ2) is 12.7. The molecule has 2 heteroatoms. The van der Waals surface area contributed by atoms with Gasteiger partial charge in [-0.1, -0.05) is 58.0 Å². The Bertz CT molecular complexity index is 230. The van der Waals surface area contributed by atoms with Crippen LogP contribution in [0.3, 0.4) is 0 Å². The molecule has 0 aromatic heterocycles. The first-order valence-electron chi connectivity index (χ1n) is 5.55. The van der Waals surface area contributed by atoms with Gasteiger partial charge in [0.1, 0.15) is 0 Å². The first-order chi connectivity index (χ1) is 7.29. The minimum atomic E-state index is -0.742. The van der Waals surface area contributed by atoms with Crippen LogP contribution in [0, 0.1) is 0 Å². The van der Waals surface area contributed by atoms with Crippen molar-refractivity contribution >= 4 is 5.97 Å². The van der Waals surface area contributed by atoms with Gasteiger partial charge in [0.05, 0.1) is 0 Å². The average molecular weight is 210 g/mol. The summed E-state index contributed by atoms with van der Waals surface area (Å²) in [5.41, 5.74) is 1.08. The van der Waals surface area contributed by atoms with Crippen molar-refractivity contribution in [3.05, 3.63) is 35.9 Å². The molecule has 0 aliphatic heterocycles. The van der Waals surface area contributed by atoms with Gasteiger partial charge < -0.3 is 5.11 Å². The summed E-state index contributed by atoms with van der Waals surface area (Å²) in [6.07, 6.45) is 0.834. The van der Waals surface area contributed by atoms with Gasteiger partial charge in [-0.15, -0.1) is 0 Å². The fourth-order valence-electron chi connectivity index (χ4n) is 0.896. The molecular formula is C13H22O2. The number of rotatable bonds is 3. The quantitative estimate of drug-likeness (QED) is 0.824. The maximum absolute atomic E-state index is 10.2. The summed E-state index contributed by atoms with van der Waals surface area (Å²) >= 11 is 0. The molecule has 0 spiro atoms. The number of hydrogen-bond donors (Lipinski definition) is 1. The van der Waals surface area contributed by atoms with E-state index in [0.29, 0.717) is 6.42 Å². The van der Waals surface area contributed by atoms with Crippen molar-refractivity contribution in [2.24, 2.45) is 0 Å². The molecule has 2 nitrogen and oxygen atoms in total. The van der Waals surface area contributed by atoms with Crippen LogP contribution >= 0.6 is 0 Å². The Balaban J connectivity index is 0. The first kappa shape index (κ1) is 16.1. The normalized spacial score (nSPS) is 7.73. The molecule has 1 aromatic rings. The Labute approximate surface area is 93.0 Å². The fraction of sp³-hybridized carbons (Fsp3) is 0.462. The highest BCUT2D eigenvalue weighted by molar-refractivity contribution is 5.67. The zero-order chi connectivity index (χ0) is 12.1. The van der Waals surface area contributed by atoms with E-state index < -0.39 is 5.97 Å². The van der Waals surface area contributed by atoms with Crippen molar-refractivity contribution in [1.29, 1.82) is 0 Å². The van der Waals surface area contributed by atoms with Gasteiger partial charge >= 0.3 is 5.97 Å². The summed E-state index contributed by atoms with van der Waals surface area (Å²) in [7, 11) is 0. The zero-order valence-corrected chi connectivity index (χ0v) is 10.2. The maximum Gasteiger partial charge on any atom is 0.303 e. The van der Waals surface area contributed by atoms with Gasteiger partial charge in [-0.3, -0.25) is 4.79 Å². The monoisotopic (exact) mass is 210 g/mol. The van der Waals surface area contributed by atoms with Crippen molar-refractivity contribution in [2.75, 3.05) is 0 Å². The molecule has 86 valence electrons. The van der Waals surface area contributed by atoms with E-state index in [9.17, 15) is 4.79 Å². The van der Waals surface area contributed by atoms with Crippen LogP contribution in [0.2, 0.25) is 0 Å². The number of carboxylic acids is 1. The molecular weight excluding hydrogens is 188 g/mol. The van der Waals surface area contributed by atoms with E-state index in [4.69, 9.17) is 5.11 Å². The van der Waals surface area contributed by atoms with Crippen molar-refractivity contribution in [2.45, 2.75) is 40.5 Å². The van der Waals surface area contributed by atoms with Crippen molar-refractivity contribution in [1.82, 2.24) is 0 Å². The lowest BCUT2D eigenvalue weighted by atomic mass is 10.1. The van der Waals surface area contributed by atoms with Crippen molar-refractivity contribution in [3.63, 3.8) is 0 Å². The van der Waals surface area contributed by atoms with Crippen LogP contribution < -0.4 is 0 Å². The smallest absolute Gasteiger partial charge is 0.303 e. The maximum atomic E-state index is 10.2. The van der Waals surface area contributed by atoms with Crippen LogP contribution in [0.5, 0.6) is 0 Å². The van der Waals surface area contributed by atoms with Gasteiger partial charge in [0.2, 0.25) is 0 Å². The van der Waals surface area contributed by atoms with E-state index >= 15 is 0 Å². The number of aryl methyl sites for hydroxylation is 1. The van der Waals surface area contributed by atoms with Crippen LogP contribution in [0.4, 0.5) is 0 Å². The summed E-state index contributed by atoms with van der Waals surface area (Å²) in [6.45, 7) is 8.00. The minimum absolute atomic E-state index is 0.212. The number of benzene rings is 1. The molecule has 0 radical (unpaired) electrons. The van der Waals surface area contributed by atoms with Crippen LogP contribution in [-0.4, -0.2) is 11.1 Å². The fourth-order valence-corrected chi connectivity index (χ4v) is 0.896. The Morgan fingerprint density at radius 2 is 1.53 bits per heavy atom. The van der Waals surface area contributed by atoms with Gasteiger partial charge in [0.15, 0.2) is 0 Å². The lowest BCUT2D eigenvalue weighted by Gasteiger charge is -1.95. The van der Waals surface area contributed by atoms with Crippen LogP contribution in [0.1, 0.15) is 39.7 Å². The second-order valence-electron chi connectivity index (χ2n) is 2.38. The Hall–Kier alpha value is -1.31. The molecule has 0 aliphatic rings. The lowest BCUT2D eigenvalue weighted by molar-refractivity contribution is -0.136. The molecule has 0 aliphatic carbocycles. The van der Waals surface area contributed by atoms with Crippen molar-refractivity contribution in [3.8, 4) is 0 Å². The minimum Gasteiger partial charge on any atom is -0.481 e. The summed E-state index contributed by atoms with van der Waals surface area (Å²) in [5.74, 6) is -0.742. The van der Waals surface area contributed by atoms with E-state index in [1.165, 1.54) is 0 Å². The molecule has 0 amide bonds.